The minimum Gasteiger partial charge on any atom is -1.00 e. The minimum absolute atomic E-state index is 0. The second-order valence-corrected chi connectivity index (χ2v) is 0. The molecule has 0 heterocycles. The molecule has 0 spiro atoms. The number of rotatable bonds is 0. The Balaban J connectivity index is -0.00000000267. The van der Waals surface area contributed by atoms with E-state index in [1.807, 2.05) is 0 Å². The first-order chi connectivity index (χ1) is 2.00. The van der Waals surface area contributed by atoms with Gasteiger partial charge in [0.25, 0.3) is 0 Å². The summed E-state index contributed by atoms with van der Waals surface area (Å²) in [5, 5.41) is 24.0. The van der Waals surface area contributed by atoms with Crippen molar-refractivity contribution in [2.75, 3.05) is 0 Å². The molecule has 0 saturated carbocycles. The van der Waals surface area contributed by atoms with Gasteiger partial charge in [-0.05, 0) is 0 Å². The molecule has 0 saturated heterocycles. The molecule has 0 aromatic rings. The summed E-state index contributed by atoms with van der Waals surface area (Å²) in [6, 6.07) is 0. The Labute approximate surface area is 61.5 Å². The fourth-order valence-corrected chi connectivity index (χ4v) is 0. The summed E-state index contributed by atoms with van der Waals surface area (Å²) in [5.74, 6) is 0. The van der Waals surface area contributed by atoms with Crippen molar-refractivity contribution in [1.29, 1.82) is 0 Å². The van der Waals surface area contributed by atoms with Gasteiger partial charge >= 0.3 is 37.7 Å². The van der Waals surface area contributed by atoms with Gasteiger partial charge in [-0.2, -0.15) is 0 Å². The smallest absolute Gasteiger partial charge is 1.00 e. The summed E-state index contributed by atoms with van der Waals surface area (Å²) in [5.41, 5.74) is 0. The standard InChI is InChI=1S/Ca.2H2O2.2H/c;2*1-2;;/h;2*1-2H;;/q+2;;;2*-1. The average molecular weight is 110 g/mol. The number of hydrogen-bond donors (Lipinski definition) is 4. The van der Waals surface area contributed by atoms with Gasteiger partial charge in [0.05, 0.1) is 0 Å². The van der Waals surface area contributed by atoms with Gasteiger partial charge in [-0.15, -0.1) is 0 Å². The van der Waals surface area contributed by atoms with E-state index in [1.54, 1.807) is 0 Å². The van der Waals surface area contributed by atoms with Gasteiger partial charge in [0, 0.05) is 0 Å². The zero-order chi connectivity index (χ0) is 4.00. The van der Waals surface area contributed by atoms with Crippen LogP contribution in [0.15, 0.2) is 0 Å². The third kappa shape index (κ3) is 40.5. The molecule has 0 aliphatic rings. The van der Waals surface area contributed by atoms with E-state index in [1.165, 1.54) is 0 Å². The van der Waals surface area contributed by atoms with Crippen LogP contribution < -0.4 is 0 Å². The molecular formula is H6CaO4. The first kappa shape index (κ1) is 16.5. The van der Waals surface area contributed by atoms with Crippen molar-refractivity contribution < 1.29 is 23.9 Å². The number of hydrogen-bond acceptors (Lipinski definition) is 4. The van der Waals surface area contributed by atoms with Crippen LogP contribution in [0.4, 0.5) is 0 Å². The molecule has 4 nitrogen and oxygen atoms in total. The molecule has 0 aliphatic carbocycles. The maximum absolute atomic E-state index is 6.00. The van der Waals surface area contributed by atoms with Crippen molar-refractivity contribution in [2.24, 2.45) is 0 Å². The third-order valence-corrected chi connectivity index (χ3v) is 0. The van der Waals surface area contributed by atoms with Gasteiger partial charge in [-0.25, -0.2) is 0 Å². The normalized spacial score (nSPS) is 2.40. The minimum atomic E-state index is 0. The van der Waals surface area contributed by atoms with Gasteiger partial charge in [-0.1, -0.05) is 0 Å². The van der Waals surface area contributed by atoms with E-state index in [-0.39, 0.29) is 40.6 Å². The van der Waals surface area contributed by atoms with Gasteiger partial charge in [0.15, 0.2) is 0 Å². The molecule has 0 fully saturated rings. The SMILES string of the molecule is OO.OO.[Ca+2].[H-].[H-]. The Bertz CT molecular complexity index is 9.65. The van der Waals surface area contributed by atoms with Crippen molar-refractivity contribution in [2.45, 2.75) is 0 Å². The molecular weight excluding hydrogens is 104 g/mol. The molecule has 5 heteroatoms. The molecule has 5 heavy (non-hydrogen) atoms. The Hall–Kier alpha value is 1.10. The summed E-state index contributed by atoms with van der Waals surface area (Å²) in [6.07, 6.45) is 0. The maximum Gasteiger partial charge on any atom is 2.00 e. The van der Waals surface area contributed by atoms with Gasteiger partial charge in [-0.3, -0.25) is 21.0 Å². The maximum atomic E-state index is 6.00. The predicted molar refractivity (Wildman–Crippen MR) is 18.5 cm³/mol. The van der Waals surface area contributed by atoms with E-state index >= 15 is 0 Å². The van der Waals surface area contributed by atoms with Crippen LogP contribution in [-0.2, 0) is 0 Å². The Morgan fingerprint density at radius 1 is 0.800 bits per heavy atom. The molecule has 0 radical (unpaired) electrons. The van der Waals surface area contributed by atoms with Crippen molar-refractivity contribution in [1.82, 2.24) is 0 Å². The molecule has 0 rings (SSSR count). The van der Waals surface area contributed by atoms with Crippen molar-refractivity contribution in [3.8, 4) is 0 Å². The van der Waals surface area contributed by atoms with Crippen LogP contribution in [0.5, 0.6) is 0 Å². The van der Waals surface area contributed by atoms with Crippen LogP contribution in [-0.4, -0.2) is 58.8 Å². The zero-order valence-corrected chi connectivity index (χ0v) is 4.70. The molecule has 0 amide bonds. The molecule has 0 atom stereocenters. The summed E-state index contributed by atoms with van der Waals surface area (Å²) >= 11 is 0. The topological polar surface area (TPSA) is 80.9 Å². The predicted octanol–water partition coefficient (Wildman–Crippen LogP) is -0.121. The molecule has 0 unspecified atom stereocenters. The van der Waals surface area contributed by atoms with E-state index in [4.69, 9.17) is 21.0 Å². The summed E-state index contributed by atoms with van der Waals surface area (Å²) < 4.78 is 0. The van der Waals surface area contributed by atoms with E-state index in [0.717, 1.165) is 0 Å². The molecule has 0 aromatic carbocycles. The average Bonchev–Trinajstić information content (AvgIpc) is 1.50. The molecule has 0 aromatic heterocycles. The van der Waals surface area contributed by atoms with Crippen LogP contribution in [0.2, 0.25) is 0 Å². The molecule has 0 aliphatic heterocycles. The summed E-state index contributed by atoms with van der Waals surface area (Å²) in [6.45, 7) is 0. The Morgan fingerprint density at radius 2 is 0.800 bits per heavy atom. The third-order valence-electron chi connectivity index (χ3n) is 0. The quantitative estimate of drug-likeness (QED) is 0.199. The fourth-order valence-electron chi connectivity index (χ4n) is 0. The van der Waals surface area contributed by atoms with Gasteiger partial charge in [0.2, 0.25) is 0 Å². The first-order valence-corrected chi connectivity index (χ1v) is 0.400. The van der Waals surface area contributed by atoms with Gasteiger partial charge < -0.3 is 2.85 Å². The van der Waals surface area contributed by atoms with Crippen molar-refractivity contribution in [3.05, 3.63) is 0 Å². The second kappa shape index (κ2) is 70.9. The summed E-state index contributed by atoms with van der Waals surface area (Å²) in [4.78, 5) is 0. The van der Waals surface area contributed by atoms with Crippen molar-refractivity contribution >= 4 is 37.7 Å². The van der Waals surface area contributed by atoms with Crippen LogP contribution in [0.1, 0.15) is 2.85 Å². The van der Waals surface area contributed by atoms with Gasteiger partial charge in [0.1, 0.15) is 0 Å². The van der Waals surface area contributed by atoms with E-state index in [2.05, 4.69) is 0 Å². The summed E-state index contributed by atoms with van der Waals surface area (Å²) in [7, 11) is 0. The monoisotopic (exact) mass is 110 g/mol. The van der Waals surface area contributed by atoms with Crippen molar-refractivity contribution in [3.63, 3.8) is 0 Å². The van der Waals surface area contributed by atoms with Crippen LogP contribution >= 0.6 is 0 Å². The van der Waals surface area contributed by atoms with E-state index in [9.17, 15) is 0 Å². The van der Waals surface area contributed by atoms with Crippen LogP contribution in [0.25, 0.3) is 0 Å². The Kier molecular flexibility index (Phi) is 234. The van der Waals surface area contributed by atoms with Crippen LogP contribution in [0.3, 0.4) is 0 Å². The molecule has 4 N–H and O–H groups in total. The van der Waals surface area contributed by atoms with Crippen LogP contribution in [0, 0.1) is 0 Å². The first-order valence-electron chi connectivity index (χ1n) is 0.400. The zero-order valence-electron chi connectivity index (χ0n) is 4.50. The second-order valence-electron chi connectivity index (χ2n) is 0. The largest absolute Gasteiger partial charge is 2.00 e. The van der Waals surface area contributed by atoms with E-state index in [0.29, 0.717) is 0 Å². The molecule has 0 bridgehead atoms. The van der Waals surface area contributed by atoms with E-state index < -0.39 is 0 Å². The molecule has 32 valence electrons. The Morgan fingerprint density at radius 3 is 0.800 bits per heavy atom. The fraction of sp³-hybridized carbons (Fsp3) is 0.